The first kappa shape index (κ1) is 21.2. The Hall–Kier alpha value is -4.70. The molecule has 0 radical (unpaired) electrons. The Morgan fingerprint density at radius 3 is 0.588 bits per heavy atom. The molecule has 0 spiro atoms. The largest absolute Gasteiger partial charge is 0.457 e. The predicted molar refractivity (Wildman–Crippen MR) is 133 cm³/mol. The summed E-state index contributed by atoms with van der Waals surface area (Å²) in [5.74, 6) is 5.98. The van der Waals surface area contributed by atoms with Crippen LogP contribution in [0.15, 0.2) is 133 Å². The molecule has 0 aliphatic heterocycles. The number of benzene rings is 5. The minimum Gasteiger partial charge on any atom is -0.457 e. The van der Waals surface area contributed by atoms with Crippen molar-refractivity contribution in [1.82, 2.24) is 0 Å². The predicted octanol–water partition coefficient (Wildman–Crippen LogP) is 8.86. The first-order valence-corrected chi connectivity index (χ1v) is 10.9. The Balaban J connectivity index is 1.15. The molecule has 0 heterocycles. The fourth-order valence-corrected chi connectivity index (χ4v) is 3.25. The van der Waals surface area contributed by atoms with Gasteiger partial charge >= 0.3 is 0 Å². The van der Waals surface area contributed by atoms with Crippen molar-refractivity contribution in [3.63, 3.8) is 0 Å². The lowest BCUT2D eigenvalue weighted by Crippen LogP contribution is -1.88. The molecule has 4 heteroatoms. The Kier molecular flexibility index (Phi) is 6.40. The number of hydrogen-bond donors (Lipinski definition) is 0. The highest BCUT2D eigenvalue weighted by Gasteiger charge is 2.03. The maximum Gasteiger partial charge on any atom is 0.127 e. The average Bonchev–Trinajstić information content (AvgIpc) is 2.89. The maximum atomic E-state index is 5.93. The standard InChI is InChI=1S/C30H22O4/c1-3-7-23(8-4-1)31-25-11-15-27(16-12-25)33-29-19-21-30(22-20-29)34-28-17-13-26(14-18-28)32-24-9-5-2-6-10-24/h1-22H. The third kappa shape index (κ3) is 5.75. The van der Waals surface area contributed by atoms with E-state index in [1.54, 1.807) is 0 Å². The molecule has 0 saturated heterocycles. The molecule has 0 bridgehead atoms. The Morgan fingerprint density at radius 2 is 0.382 bits per heavy atom. The zero-order chi connectivity index (χ0) is 23.0. The molecule has 0 fully saturated rings. The van der Waals surface area contributed by atoms with Crippen LogP contribution in [-0.2, 0) is 0 Å². The van der Waals surface area contributed by atoms with Gasteiger partial charge in [-0.2, -0.15) is 0 Å². The Labute approximate surface area is 198 Å². The summed E-state index contributed by atoms with van der Waals surface area (Å²) in [4.78, 5) is 0. The van der Waals surface area contributed by atoms with E-state index in [0.717, 1.165) is 46.0 Å². The molecule has 5 aromatic rings. The second-order valence-electron chi connectivity index (χ2n) is 7.45. The highest BCUT2D eigenvalue weighted by molar-refractivity contribution is 5.41. The molecule has 5 rings (SSSR count). The van der Waals surface area contributed by atoms with E-state index in [0.29, 0.717) is 0 Å². The van der Waals surface area contributed by atoms with Gasteiger partial charge in [-0.1, -0.05) is 36.4 Å². The van der Waals surface area contributed by atoms with Crippen LogP contribution in [0.3, 0.4) is 0 Å². The van der Waals surface area contributed by atoms with Crippen molar-refractivity contribution in [1.29, 1.82) is 0 Å². The lowest BCUT2D eigenvalue weighted by molar-refractivity contribution is 0.461. The molecule has 0 saturated carbocycles. The zero-order valence-electron chi connectivity index (χ0n) is 18.3. The van der Waals surface area contributed by atoms with E-state index in [1.165, 1.54) is 0 Å². The smallest absolute Gasteiger partial charge is 0.127 e. The molecule has 5 aromatic carbocycles. The first-order valence-electron chi connectivity index (χ1n) is 10.9. The molecule has 0 N–H and O–H groups in total. The molecule has 0 aromatic heterocycles. The van der Waals surface area contributed by atoms with Gasteiger partial charge in [0.05, 0.1) is 0 Å². The van der Waals surface area contributed by atoms with Gasteiger partial charge in [-0.15, -0.1) is 0 Å². The van der Waals surface area contributed by atoms with Crippen molar-refractivity contribution in [2.75, 3.05) is 0 Å². The van der Waals surface area contributed by atoms with Gasteiger partial charge in [0.1, 0.15) is 46.0 Å². The van der Waals surface area contributed by atoms with Gasteiger partial charge in [0.15, 0.2) is 0 Å². The van der Waals surface area contributed by atoms with Crippen LogP contribution in [0, 0.1) is 0 Å². The maximum absolute atomic E-state index is 5.93. The minimum atomic E-state index is 0.718. The summed E-state index contributed by atoms with van der Waals surface area (Å²) >= 11 is 0. The molecular formula is C30H22O4. The van der Waals surface area contributed by atoms with Crippen molar-refractivity contribution >= 4 is 0 Å². The highest BCUT2D eigenvalue weighted by atomic mass is 16.5. The van der Waals surface area contributed by atoms with E-state index < -0.39 is 0 Å². The van der Waals surface area contributed by atoms with Gasteiger partial charge in [0.25, 0.3) is 0 Å². The fourth-order valence-electron chi connectivity index (χ4n) is 3.25. The summed E-state index contributed by atoms with van der Waals surface area (Å²) in [6.07, 6.45) is 0. The van der Waals surface area contributed by atoms with Gasteiger partial charge in [0, 0.05) is 0 Å². The topological polar surface area (TPSA) is 36.9 Å². The van der Waals surface area contributed by atoms with E-state index in [2.05, 4.69) is 0 Å². The van der Waals surface area contributed by atoms with Crippen molar-refractivity contribution in [3.05, 3.63) is 133 Å². The van der Waals surface area contributed by atoms with Gasteiger partial charge in [-0.05, 0) is 97.1 Å². The average molecular weight is 447 g/mol. The molecule has 34 heavy (non-hydrogen) atoms. The molecule has 0 atom stereocenters. The Bertz CT molecular complexity index is 1190. The molecule has 166 valence electrons. The third-order valence-corrected chi connectivity index (χ3v) is 4.90. The lowest BCUT2D eigenvalue weighted by atomic mass is 10.3. The van der Waals surface area contributed by atoms with Crippen LogP contribution in [0.4, 0.5) is 0 Å². The summed E-state index contributed by atoms with van der Waals surface area (Å²) in [6, 6.07) is 41.9. The monoisotopic (exact) mass is 446 g/mol. The van der Waals surface area contributed by atoms with E-state index in [4.69, 9.17) is 18.9 Å². The van der Waals surface area contributed by atoms with Gasteiger partial charge in [-0.3, -0.25) is 0 Å². The zero-order valence-corrected chi connectivity index (χ0v) is 18.3. The van der Waals surface area contributed by atoms with Crippen LogP contribution in [0.5, 0.6) is 46.0 Å². The quantitative estimate of drug-likeness (QED) is 0.238. The summed E-state index contributed by atoms with van der Waals surface area (Å²) in [5.41, 5.74) is 0. The third-order valence-electron chi connectivity index (χ3n) is 4.90. The number of rotatable bonds is 8. The number of para-hydroxylation sites is 2. The molecule has 0 aliphatic carbocycles. The first-order chi connectivity index (χ1) is 16.8. The van der Waals surface area contributed by atoms with E-state index in [9.17, 15) is 0 Å². The summed E-state index contributed by atoms with van der Waals surface area (Å²) in [7, 11) is 0. The minimum absolute atomic E-state index is 0.718. The van der Waals surface area contributed by atoms with Crippen molar-refractivity contribution < 1.29 is 18.9 Å². The summed E-state index contributed by atoms with van der Waals surface area (Å²) < 4.78 is 23.5. The Morgan fingerprint density at radius 1 is 0.206 bits per heavy atom. The van der Waals surface area contributed by atoms with Gasteiger partial charge < -0.3 is 18.9 Å². The summed E-state index contributed by atoms with van der Waals surface area (Å²) in [5, 5.41) is 0. The van der Waals surface area contributed by atoms with E-state index in [-0.39, 0.29) is 0 Å². The fraction of sp³-hybridized carbons (Fsp3) is 0. The molecule has 0 unspecified atom stereocenters. The van der Waals surface area contributed by atoms with E-state index >= 15 is 0 Å². The van der Waals surface area contributed by atoms with Crippen LogP contribution in [-0.4, -0.2) is 0 Å². The molecule has 0 aliphatic rings. The molecular weight excluding hydrogens is 424 g/mol. The number of hydrogen-bond acceptors (Lipinski definition) is 4. The van der Waals surface area contributed by atoms with E-state index in [1.807, 2.05) is 133 Å². The van der Waals surface area contributed by atoms with Crippen molar-refractivity contribution in [2.24, 2.45) is 0 Å². The molecule has 4 nitrogen and oxygen atoms in total. The van der Waals surface area contributed by atoms with Crippen LogP contribution in [0.2, 0.25) is 0 Å². The second-order valence-corrected chi connectivity index (χ2v) is 7.45. The van der Waals surface area contributed by atoms with Crippen LogP contribution < -0.4 is 18.9 Å². The number of ether oxygens (including phenoxy) is 4. The molecule has 0 amide bonds. The van der Waals surface area contributed by atoms with Gasteiger partial charge in [-0.25, -0.2) is 0 Å². The van der Waals surface area contributed by atoms with Gasteiger partial charge in [0.2, 0.25) is 0 Å². The van der Waals surface area contributed by atoms with Crippen LogP contribution in [0.1, 0.15) is 0 Å². The van der Waals surface area contributed by atoms with Crippen LogP contribution in [0.25, 0.3) is 0 Å². The highest BCUT2D eigenvalue weighted by Crippen LogP contribution is 2.30. The lowest BCUT2D eigenvalue weighted by Gasteiger charge is -2.10. The summed E-state index contributed by atoms with van der Waals surface area (Å²) in [6.45, 7) is 0. The second kappa shape index (κ2) is 10.3. The normalized spacial score (nSPS) is 10.4. The van der Waals surface area contributed by atoms with Crippen LogP contribution >= 0.6 is 0 Å². The SMILES string of the molecule is c1ccc(Oc2ccc(Oc3ccc(Oc4ccc(Oc5ccccc5)cc4)cc3)cc2)cc1. The van der Waals surface area contributed by atoms with Crippen molar-refractivity contribution in [2.45, 2.75) is 0 Å². The van der Waals surface area contributed by atoms with Crippen molar-refractivity contribution in [3.8, 4) is 46.0 Å².